The van der Waals surface area contributed by atoms with Gasteiger partial charge >= 0.3 is 11.9 Å². The molecule has 0 amide bonds. The van der Waals surface area contributed by atoms with Crippen molar-refractivity contribution in [1.82, 2.24) is 0 Å². The van der Waals surface area contributed by atoms with Crippen LogP contribution in [0.1, 0.15) is 0 Å². The van der Waals surface area contributed by atoms with Crippen LogP contribution in [-0.2, 0) is 9.59 Å². The summed E-state index contributed by atoms with van der Waals surface area (Å²) in [4.78, 5) is 26.4. The number of alkyl halides is 2. The molecule has 2 N–H and O–H groups in total. The molecule has 0 bridgehead atoms. The van der Waals surface area contributed by atoms with Crippen molar-refractivity contribution in [3.8, 4) is 0 Å². The number of aliphatic carboxylic acids is 2. The highest BCUT2D eigenvalue weighted by atomic mass is 79.9. The molecular weight excluding hydrogens is 488 g/mol. The highest BCUT2D eigenvalue weighted by molar-refractivity contribution is 9.10. The molecule has 0 saturated heterocycles. The Balaban J connectivity index is 1.43. The molecular formula is C22H18Br2O4. The third-order valence-electron chi connectivity index (χ3n) is 14.4. The van der Waals surface area contributed by atoms with Crippen LogP contribution in [0.15, 0.2) is 0 Å². The predicted molar refractivity (Wildman–Crippen MR) is 99.3 cm³/mol. The number of hydrogen-bond donors (Lipinski definition) is 2. The molecule has 12 fully saturated rings. The van der Waals surface area contributed by atoms with Gasteiger partial charge in [-0.25, -0.2) is 0 Å². The van der Waals surface area contributed by atoms with Crippen LogP contribution in [0.25, 0.3) is 0 Å². The maximum atomic E-state index is 13.2. The van der Waals surface area contributed by atoms with Gasteiger partial charge in [0.25, 0.3) is 0 Å². The van der Waals surface area contributed by atoms with E-state index in [2.05, 4.69) is 31.9 Å². The quantitative estimate of drug-likeness (QED) is 0.565. The van der Waals surface area contributed by atoms with Crippen molar-refractivity contribution in [2.24, 2.45) is 106 Å². The van der Waals surface area contributed by atoms with Gasteiger partial charge in [0.05, 0.1) is 10.8 Å². The van der Waals surface area contributed by atoms with Crippen molar-refractivity contribution in [1.29, 1.82) is 0 Å². The van der Waals surface area contributed by atoms with E-state index in [1.54, 1.807) is 0 Å². The Labute approximate surface area is 177 Å². The van der Waals surface area contributed by atoms with E-state index in [4.69, 9.17) is 0 Å². The lowest BCUT2D eigenvalue weighted by Gasteiger charge is -2.40. The van der Waals surface area contributed by atoms with E-state index in [1.165, 1.54) is 0 Å². The molecule has 0 radical (unpaired) electrons. The zero-order chi connectivity index (χ0) is 18.4. The SMILES string of the molecule is O=C(O)C12C3C4C5C6C7C8C9C(C%10C1C4C1(Br)C5C7C9(C(=O)O)C%101)C2C8(Br)C63. The van der Waals surface area contributed by atoms with Crippen molar-refractivity contribution >= 4 is 43.8 Å². The van der Waals surface area contributed by atoms with Crippen LogP contribution in [0.5, 0.6) is 0 Å². The van der Waals surface area contributed by atoms with E-state index in [1.807, 2.05) is 0 Å². The average Bonchev–Trinajstić information content (AvgIpc) is 3.34. The molecule has 12 saturated carbocycles. The smallest absolute Gasteiger partial charge is 0.310 e. The third kappa shape index (κ3) is 0.661. The lowest BCUT2D eigenvalue weighted by molar-refractivity contribution is -0.159. The van der Waals surface area contributed by atoms with Crippen LogP contribution in [-0.4, -0.2) is 30.8 Å². The second kappa shape index (κ2) is 2.97. The maximum Gasteiger partial charge on any atom is 0.310 e. The molecule has 0 spiro atoms. The summed E-state index contributed by atoms with van der Waals surface area (Å²) in [5.74, 6) is 5.60. The molecule has 0 aromatic heterocycles. The van der Waals surface area contributed by atoms with Crippen LogP contribution in [0.2, 0.25) is 0 Å². The number of carbonyl (C=O) groups is 2. The summed E-state index contributed by atoms with van der Waals surface area (Å²) in [5, 5.41) is 21.7. The van der Waals surface area contributed by atoms with Gasteiger partial charge in [0, 0.05) is 8.65 Å². The second-order valence-corrected chi connectivity index (χ2v) is 15.5. The topological polar surface area (TPSA) is 74.6 Å². The normalized spacial score (nSPS) is 90.9. The summed E-state index contributed by atoms with van der Waals surface area (Å²) in [7, 11) is 0. The fourth-order valence-electron chi connectivity index (χ4n) is 16.2. The van der Waals surface area contributed by atoms with Gasteiger partial charge < -0.3 is 10.2 Å². The first-order valence-electron chi connectivity index (χ1n) is 11.2. The first kappa shape index (κ1) is 14.1. The van der Waals surface area contributed by atoms with Gasteiger partial charge in [-0.2, -0.15) is 0 Å². The average molecular weight is 506 g/mol. The summed E-state index contributed by atoms with van der Waals surface area (Å²) >= 11 is 8.68. The van der Waals surface area contributed by atoms with Crippen molar-refractivity contribution in [3.63, 3.8) is 0 Å². The predicted octanol–water partition coefficient (Wildman–Crippen LogP) is 2.40. The van der Waals surface area contributed by atoms with Gasteiger partial charge in [0.2, 0.25) is 0 Å². The molecule has 144 valence electrons. The summed E-state index contributed by atoms with van der Waals surface area (Å²) < 4.78 is -0.110. The molecule has 6 heteroatoms. The monoisotopic (exact) mass is 504 g/mol. The third-order valence-corrected chi connectivity index (χ3v) is 17.5. The Morgan fingerprint density at radius 2 is 0.857 bits per heavy atom. The van der Waals surface area contributed by atoms with E-state index in [0.717, 1.165) is 0 Å². The Bertz CT molecular complexity index is 1010. The largest absolute Gasteiger partial charge is 0.481 e. The molecule has 28 heavy (non-hydrogen) atoms. The Hall–Kier alpha value is -0.100. The second-order valence-electron chi connectivity index (χ2n) is 12.8. The first-order chi connectivity index (χ1) is 13.4. The van der Waals surface area contributed by atoms with Crippen molar-refractivity contribution < 1.29 is 19.8 Å². The van der Waals surface area contributed by atoms with E-state index in [-0.39, 0.29) is 32.3 Å². The fourth-order valence-corrected chi connectivity index (χ4v) is 19.9. The van der Waals surface area contributed by atoms with Gasteiger partial charge in [-0.15, -0.1) is 0 Å². The minimum absolute atomic E-state index is 0.0548. The minimum Gasteiger partial charge on any atom is -0.481 e. The zero-order valence-corrected chi connectivity index (χ0v) is 17.9. The van der Waals surface area contributed by atoms with Gasteiger partial charge in [-0.05, 0) is 94.7 Å². The molecule has 0 aromatic carbocycles. The summed E-state index contributed by atoms with van der Waals surface area (Å²) in [5.41, 5.74) is -1.09. The van der Waals surface area contributed by atoms with Gasteiger partial charge in [-0.1, -0.05) is 31.9 Å². The first-order valence-corrected chi connectivity index (χ1v) is 12.8. The van der Waals surface area contributed by atoms with E-state index >= 15 is 0 Å². The van der Waals surface area contributed by atoms with Crippen LogP contribution < -0.4 is 0 Å². The zero-order valence-electron chi connectivity index (χ0n) is 14.7. The molecule has 12 aliphatic carbocycles. The van der Waals surface area contributed by atoms with Gasteiger partial charge in [0.1, 0.15) is 0 Å². The molecule has 0 heterocycles. The van der Waals surface area contributed by atoms with E-state index < -0.39 is 22.8 Å². The Morgan fingerprint density at radius 3 is 1.21 bits per heavy atom. The number of halogens is 2. The standard InChI is InChI=1S/C22H18Br2O4/c23-21-11-1-2-4-8(11)20(18(27)28)10-6-5(15(20)21)9-13(21)3(1)7-12(2)22(24,14(4)10)16(6)19(7,9)17(25)26/h1-16H,(H,25,26)(H,27,28). The lowest BCUT2D eigenvalue weighted by atomic mass is 9.63. The molecule has 20 unspecified atom stereocenters. The number of carboxylic acids is 2. The van der Waals surface area contributed by atoms with Gasteiger partial charge in [0.15, 0.2) is 0 Å². The maximum absolute atomic E-state index is 13.2. The molecule has 0 aromatic rings. The summed E-state index contributed by atoms with van der Waals surface area (Å²) in [6, 6.07) is 0. The fraction of sp³-hybridized carbons (Fsp3) is 0.909. The Morgan fingerprint density at radius 1 is 0.536 bits per heavy atom. The molecule has 4 nitrogen and oxygen atoms in total. The van der Waals surface area contributed by atoms with Crippen LogP contribution in [0.3, 0.4) is 0 Å². The molecule has 20 atom stereocenters. The van der Waals surface area contributed by atoms with E-state index in [9.17, 15) is 19.8 Å². The highest BCUT2D eigenvalue weighted by Crippen LogP contribution is 3.08. The van der Waals surface area contributed by atoms with Crippen LogP contribution in [0.4, 0.5) is 0 Å². The Kier molecular flexibility index (Phi) is 1.49. The minimum atomic E-state index is -0.544. The van der Waals surface area contributed by atoms with Crippen LogP contribution >= 0.6 is 31.9 Å². The number of rotatable bonds is 2. The van der Waals surface area contributed by atoms with Crippen molar-refractivity contribution in [2.45, 2.75) is 8.65 Å². The van der Waals surface area contributed by atoms with Gasteiger partial charge in [-0.3, -0.25) is 9.59 Å². The number of carboxylic acid groups (broad SMARTS) is 2. The lowest BCUT2D eigenvalue weighted by Crippen LogP contribution is -2.46. The molecule has 0 aliphatic heterocycles. The summed E-state index contributed by atoms with van der Waals surface area (Å²) in [6.45, 7) is 0. The van der Waals surface area contributed by atoms with E-state index in [0.29, 0.717) is 71.0 Å². The number of hydrogen-bond acceptors (Lipinski definition) is 2. The van der Waals surface area contributed by atoms with Crippen molar-refractivity contribution in [3.05, 3.63) is 0 Å². The summed E-state index contributed by atoms with van der Waals surface area (Å²) in [6.07, 6.45) is 0. The molecule has 12 rings (SSSR count). The highest BCUT2D eigenvalue weighted by Gasteiger charge is 3.10. The molecule has 12 aliphatic rings. The van der Waals surface area contributed by atoms with Crippen LogP contribution in [0, 0.1) is 106 Å². The van der Waals surface area contributed by atoms with Crippen molar-refractivity contribution in [2.75, 3.05) is 0 Å².